The molecule has 0 spiro atoms. The maximum absolute atomic E-state index is 5.95. The van der Waals surface area contributed by atoms with E-state index in [2.05, 4.69) is 34.6 Å². The zero-order valence-corrected chi connectivity index (χ0v) is 11.1. The highest BCUT2D eigenvalue weighted by Crippen LogP contribution is 2.25. The van der Waals surface area contributed by atoms with E-state index in [1.807, 2.05) is 36.4 Å². The summed E-state index contributed by atoms with van der Waals surface area (Å²) in [6.45, 7) is 1.27. The molecule has 20 heavy (non-hydrogen) atoms. The van der Waals surface area contributed by atoms with Crippen molar-refractivity contribution in [3.63, 3.8) is 0 Å². The number of benzene rings is 2. The Labute approximate surface area is 118 Å². The fraction of sp³-hybridized carbons (Fsp3) is 0.118. The number of nitrogens with one attached hydrogen (secondary N) is 1. The molecule has 1 aliphatic heterocycles. The number of nitrogens with zero attached hydrogens (tertiary/aromatic N) is 1. The van der Waals surface area contributed by atoms with E-state index in [4.69, 9.17) is 4.74 Å². The van der Waals surface area contributed by atoms with Gasteiger partial charge in [0.15, 0.2) is 0 Å². The summed E-state index contributed by atoms with van der Waals surface area (Å²) in [5.74, 6) is 0.880. The van der Waals surface area contributed by atoms with E-state index < -0.39 is 0 Å². The lowest BCUT2D eigenvalue weighted by molar-refractivity contribution is 0.305. The normalized spacial score (nSPS) is 13.5. The Morgan fingerprint density at radius 2 is 1.80 bits per heavy atom. The molecule has 0 atom stereocenters. The van der Waals surface area contributed by atoms with E-state index in [0.717, 1.165) is 22.6 Å². The quantitative estimate of drug-likeness (QED) is 0.919. The molecule has 0 fully saturated rings. The maximum atomic E-state index is 5.95. The third kappa shape index (κ3) is 2.88. The summed E-state index contributed by atoms with van der Waals surface area (Å²) in [7, 11) is 0. The third-order valence-electron chi connectivity index (χ3n) is 3.13. The van der Waals surface area contributed by atoms with Crippen LogP contribution < -0.4 is 10.1 Å². The van der Waals surface area contributed by atoms with Crippen LogP contribution in [0.4, 0.5) is 0 Å². The van der Waals surface area contributed by atoms with Crippen LogP contribution in [0.2, 0.25) is 0 Å². The van der Waals surface area contributed by atoms with Crippen molar-refractivity contribution in [1.82, 2.24) is 5.32 Å². The Hall–Kier alpha value is -2.55. The standard InChI is InChI=1S/C17H16N2O/c1-2-6-14(7-3-1)12-20-17-9-5-4-8-15(17)16-10-11-18-13-19-16/h1-10,13H,11-12H2,(H,18,19). The average molecular weight is 264 g/mol. The molecule has 0 aliphatic carbocycles. The molecule has 2 aromatic carbocycles. The van der Waals surface area contributed by atoms with Gasteiger partial charge in [0, 0.05) is 11.3 Å². The second kappa shape index (κ2) is 6.06. The van der Waals surface area contributed by atoms with Crippen LogP contribution in [0.5, 0.6) is 5.75 Å². The molecule has 0 bridgehead atoms. The molecule has 0 amide bonds. The van der Waals surface area contributed by atoms with Crippen molar-refractivity contribution in [1.29, 1.82) is 0 Å². The van der Waals surface area contributed by atoms with E-state index in [1.165, 1.54) is 0 Å². The summed E-state index contributed by atoms with van der Waals surface area (Å²) in [5, 5.41) is 3.16. The summed E-state index contributed by atoms with van der Waals surface area (Å²) in [6, 6.07) is 18.2. The zero-order valence-electron chi connectivity index (χ0n) is 11.1. The zero-order chi connectivity index (χ0) is 13.6. The van der Waals surface area contributed by atoms with Crippen molar-refractivity contribution >= 4 is 12.0 Å². The average Bonchev–Trinajstić information content (AvgIpc) is 2.55. The first-order valence-electron chi connectivity index (χ1n) is 6.64. The fourth-order valence-electron chi connectivity index (χ4n) is 2.11. The Balaban J connectivity index is 1.78. The van der Waals surface area contributed by atoms with Crippen molar-refractivity contribution in [3.05, 3.63) is 71.8 Å². The topological polar surface area (TPSA) is 33.6 Å². The molecular formula is C17H16N2O. The molecule has 0 radical (unpaired) electrons. The minimum absolute atomic E-state index is 0.569. The maximum Gasteiger partial charge on any atom is 0.129 e. The van der Waals surface area contributed by atoms with Crippen LogP contribution in [0, 0.1) is 0 Å². The Kier molecular flexibility index (Phi) is 3.78. The molecule has 1 aliphatic rings. The van der Waals surface area contributed by atoms with Crippen molar-refractivity contribution in [3.8, 4) is 5.75 Å². The van der Waals surface area contributed by atoms with Crippen LogP contribution in [-0.4, -0.2) is 12.9 Å². The van der Waals surface area contributed by atoms with Gasteiger partial charge in [0.1, 0.15) is 12.4 Å². The van der Waals surface area contributed by atoms with Crippen molar-refractivity contribution in [2.75, 3.05) is 6.54 Å². The molecule has 0 saturated heterocycles. The largest absolute Gasteiger partial charge is 0.488 e. The van der Waals surface area contributed by atoms with Gasteiger partial charge in [-0.15, -0.1) is 0 Å². The van der Waals surface area contributed by atoms with Gasteiger partial charge in [-0.25, -0.2) is 0 Å². The predicted octanol–water partition coefficient (Wildman–Crippen LogP) is 3.24. The molecule has 100 valence electrons. The molecule has 3 heteroatoms. The molecular weight excluding hydrogens is 248 g/mol. The second-order valence-electron chi connectivity index (χ2n) is 4.53. The lowest BCUT2D eigenvalue weighted by atomic mass is 10.1. The number of aliphatic imine (C=N–C) groups is 1. The van der Waals surface area contributed by atoms with Crippen LogP contribution in [-0.2, 0) is 6.61 Å². The summed E-state index contributed by atoms with van der Waals surface area (Å²) in [4.78, 5) is 4.12. The van der Waals surface area contributed by atoms with Crippen LogP contribution in [0.3, 0.4) is 0 Å². The molecule has 1 N–H and O–H groups in total. The van der Waals surface area contributed by atoms with E-state index >= 15 is 0 Å². The third-order valence-corrected chi connectivity index (χ3v) is 3.13. The van der Waals surface area contributed by atoms with Gasteiger partial charge < -0.3 is 10.1 Å². The molecule has 1 heterocycles. The van der Waals surface area contributed by atoms with Crippen LogP contribution in [0.25, 0.3) is 5.70 Å². The van der Waals surface area contributed by atoms with Crippen molar-refractivity contribution in [2.45, 2.75) is 6.61 Å². The van der Waals surface area contributed by atoms with Crippen molar-refractivity contribution in [2.24, 2.45) is 4.99 Å². The SMILES string of the molecule is C1=NCC=C(c2ccccc2OCc2ccccc2)N1. The fourth-order valence-corrected chi connectivity index (χ4v) is 2.11. The van der Waals surface area contributed by atoms with E-state index in [9.17, 15) is 0 Å². The van der Waals surface area contributed by atoms with Gasteiger partial charge in [-0.3, -0.25) is 4.99 Å². The van der Waals surface area contributed by atoms with Crippen LogP contribution in [0.1, 0.15) is 11.1 Å². The van der Waals surface area contributed by atoms with Gasteiger partial charge in [-0.2, -0.15) is 0 Å². The molecule has 0 aromatic heterocycles. The first kappa shape index (κ1) is 12.5. The highest BCUT2D eigenvalue weighted by molar-refractivity contribution is 5.80. The lowest BCUT2D eigenvalue weighted by Gasteiger charge is -2.15. The summed E-state index contributed by atoms with van der Waals surface area (Å²) >= 11 is 0. The highest BCUT2D eigenvalue weighted by atomic mass is 16.5. The summed E-state index contributed by atoms with van der Waals surface area (Å²) < 4.78 is 5.95. The monoisotopic (exact) mass is 264 g/mol. The predicted molar refractivity (Wildman–Crippen MR) is 81.7 cm³/mol. The molecule has 0 unspecified atom stereocenters. The van der Waals surface area contributed by atoms with Crippen molar-refractivity contribution < 1.29 is 4.74 Å². The van der Waals surface area contributed by atoms with Gasteiger partial charge in [0.05, 0.1) is 12.9 Å². The number of rotatable bonds is 4. The molecule has 3 nitrogen and oxygen atoms in total. The van der Waals surface area contributed by atoms with Gasteiger partial charge in [0.2, 0.25) is 0 Å². The van der Waals surface area contributed by atoms with E-state index in [0.29, 0.717) is 13.2 Å². The Morgan fingerprint density at radius 1 is 1.00 bits per heavy atom. The first-order valence-corrected chi connectivity index (χ1v) is 6.64. The summed E-state index contributed by atoms with van der Waals surface area (Å²) in [6.07, 6.45) is 3.79. The minimum atomic E-state index is 0.569. The Bertz CT molecular complexity index is 632. The lowest BCUT2D eigenvalue weighted by Crippen LogP contribution is -2.14. The smallest absolute Gasteiger partial charge is 0.129 e. The van der Waals surface area contributed by atoms with Gasteiger partial charge in [-0.05, 0) is 23.8 Å². The molecule has 2 aromatic rings. The molecule has 3 rings (SSSR count). The number of hydrogen-bond donors (Lipinski definition) is 1. The van der Waals surface area contributed by atoms with Gasteiger partial charge in [0.25, 0.3) is 0 Å². The first-order chi connectivity index (χ1) is 9.93. The highest BCUT2D eigenvalue weighted by Gasteiger charge is 2.09. The summed E-state index contributed by atoms with van der Waals surface area (Å²) in [5.41, 5.74) is 3.27. The number of hydrogen-bond acceptors (Lipinski definition) is 3. The minimum Gasteiger partial charge on any atom is -0.488 e. The second-order valence-corrected chi connectivity index (χ2v) is 4.53. The number of para-hydroxylation sites is 1. The van der Waals surface area contributed by atoms with Crippen LogP contribution in [0.15, 0.2) is 65.7 Å². The van der Waals surface area contributed by atoms with E-state index in [1.54, 1.807) is 6.34 Å². The molecule has 0 saturated carbocycles. The van der Waals surface area contributed by atoms with Crippen LogP contribution >= 0.6 is 0 Å². The van der Waals surface area contributed by atoms with Gasteiger partial charge in [-0.1, -0.05) is 42.5 Å². The van der Waals surface area contributed by atoms with E-state index in [-0.39, 0.29) is 0 Å². The van der Waals surface area contributed by atoms with Gasteiger partial charge >= 0.3 is 0 Å². The number of ether oxygens (including phenoxy) is 1. The Morgan fingerprint density at radius 3 is 2.60 bits per heavy atom.